The molecule has 0 unspecified atom stereocenters. The van der Waals surface area contributed by atoms with Crippen LogP contribution in [-0.4, -0.2) is 47.7 Å². The lowest BCUT2D eigenvalue weighted by Crippen LogP contribution is -2.38. The molecule has 0 saturated carbocycles. The molecular formula is C34H32N2O7S. The number of aromatic nitrogens is 2. The van der Waals surface area contributed by atoms with Crippen molar-refractivity contribution in [1.29, 1.82) is 0 Å². The van der Waals surface area contributed by atoms with Crippen LogP contribution in [0.1, 0.15) is 29.3 Å². The normalized spacial score (nSPS) is 18.3. The van der Waals surface area contributed by atoms with Crippen LogP contribution in [0.4, 0.5) is 0 Å². The Bertz CT molecular complexity index is 1750. The van der Waals surface area contributed by atoms with Gasteiger partial charge in [-0.25, -0.2) is 4.79 Å². The monoisotopic (exact) mass is 612 g/mol. The Labute approximate surface area is 257 Å². The van der Waals surface area contributed by atoms with E-state index in [4.69, 9.17) is 18.9 Å². The average Bonchev–Trinajstić information content (AvgIpc) is 3.72. The first-order chi connectivity index (χ1) is 21.4. The second kappa shape index (κ2) is 12.6. The van der Waals surface area contributed by atoms with Crippen molar-refractivity contribution in [3.63, 3.8) is 0 Å². The van der Waals surface area contributed by atoms with E-state index < -0.39 is 35.3 Å². The van der Waals surface area contributed by atoms with Crippen molar-refractivity contribution in [1.82, 2.24) is 9.55 Å². The van der Waals surface area contributed by atoms with Crippen LogP contribution in [0, 0.1) is 0 Å². The number of H-pyrrole nitrogens is 1. The molecule has 1 aliphatic rings. The molecule has 2 N–H and O–H groups in total. The molecule has 0 radical (unpaired) electrons. The maximum atomic E-state index is 12.8. The summed E-state index contributed by atoms with van der Waals surface area (Å²) in [4.78, 5) is 28.5. The molecule has 5 aromatic rings. The van der Waals surface area contributed by atoms with E-state index in [1.165, 1.54) is 22.1 Å². The SMILES string of the molecule is COc1ccc(C(OC[C@H]2O[C@@H](n3cc(-c4cccs4)c(=O)[nH]c3=O)C[C@@H]2O)(c2ccccc2)c2ccc(OC)cc2)cc1. The summed E-state index contributed by atoms with van der Waals surface area (Å²) in [5.74, 6) is 1.41. The van der Waals surface area contributed by atoms with Gasteiger partial charge in [-0.3, -0.25) is 14.3 Å². The Kier molecular flexibility index (Phi) is 8.49. The van der Waals surface area contributed by atoms with Crippen molar-refractivity contribution in [3.05, 3.63) is 140 Å². The van der Waals surface area contributed by atoms with Gasteiger partial charge in [-0.1, -0.05) is 60.7 Å². The minimum absolute atomic E-state index is 0.000501. The zero-order valence-corrected chi connectivity index (χ0v) is 25.0. The summed E-state index contributed by atoms with van der Waals surface area (Å²) in [6.07, 6.45) is -0.841. The maximum Gasteiger partial charge on any atom is 0.330 e. The quantitative estimate of drug-likeness (QED) is 0.215. The first kappa shape index (κ1) is 29.6. The van der Waals surface area contributed by atoms with Gasteiger partial charge in [0.2, 0.25) is 0 Å². The molecule has 1 saturated heterocycles. The van der Waals surface area contributed by atoms with Crippen LogP contribution in [0.3, 0.4) is 0 Å². The first-order valence-corrected chi connectivity index (χ1v) is 15.0. The van der Waals surface area contributed by atoms with Gasteiger partial charge in [0.05, 0.1) is 32.5 Å². The molecule has 3 atom stereocenters. The highest BCUT2D eigenvalue weighted by Crippen LogP contribution is 2.42. The van der Waals surface area contributed by atoms with Crippen LogP contribution in [-0.2, 0) is 15.1 Å². The standard InChI is InChI=1S/C34H32N2O7S/c1-40-25-14-10-23(11-15-25)34(22-7-4-3-5-8-22,24-12-16-26(41-2)17-13-24)42-21-29-28(37)19-31(43-29)36-20-27(30-9-6-18-44-30)32(38)35-33(36)39/h3-18,20,28-29,31,37H,19,21H2,1-2H3,(H,35,38,39)/t28-,29+,31+/m0/s1. The number of hydrogen-bond acceptors (Lipinski definition) is 8. The van der Waals surface area contributed by atoms with Gasteiger partial charge in [0.25, 0.3) is 5.56 Å². The van der Waals surface area contributed by atoms with Gasteiger partial charge in [-0.2, -0.15) is 0 Å². The fourth-order valence-electron chi connectivity index (χ4n) is 5.62. The molecule has 6 rings (SSSR count). The van der Waals surface area contributed by atoms with Crippen molar-refractivity contribution >= 4 is 11.3 Å². The highest BCUT2D eigenvalue weighted by Gasteiger charge is 2.42. The molecule has 226 valence electrons. The number of nitrogens with one attached hydrogen (secondary N) is 1. The summed E-state index contributed by atoms with van der Waals surface area (Å²) in [7, 11) is 3.23. The van der Waals surface area contributed by atoms with Gasteiger partial charge in [0.1, 0.15) is 29.4 Å². The molecule has 0 amide bonds. The van der Waals surface area contributed by atoms with Crippen molar-refractivity contribution in [2.24, 2.45) is 0 Å². The summed E-state index contributed by atoms with van der Waals surface area (Å²) < 4.78 is 25.3. The van der Waals surface area contributed by atoms with Crippen molar-refractivity contribution in [2.75, 3.05) is 20.8 Å². The number of methoxy groups -OCH3 is 2. The van der Waals surface area contributed by atoms with Crippen molar-refractivity contribution < 1.29 is 24.1 Å². The maximum absolute atomic E-state index is 12.8. The molecule has 3 heterocycles. The molecular weight excluding hydrogens is 580 g/mol. The summed E-state index contributed by atoms with van der Waals surface area (Å²) in [5.41, 5.74) is 0.744. The molecule has 10 heteroatoms. The van der Waals surface area contributed by atoms with Crippen LogP contribution >= 0.6 is 11.3 Å². The third kappa shape index (κ3) is 5.60. The van der Waals surface area contributed by atoms with Crippen molar-refractivity contribution in [2.45, 2.75) is 30.5 Å². The van der Waals surface area contributed by atoms with E-state index >= 15 is 0 Å². The predicted molar refractivity (Wildman–Crippen MR) is 167 cm³/mol. The Morgan fingerprint density at radius 1 is 0.886 bits per heavy atom. The second-order valence-electron chi connectivity index (χ2n) is 10.4. The van der Waals surface area contributed by atoms with Crippen LogP contribution < -0.4 is 20.7 Å². The summed E-state index contributed by atoms with van der Waals surface area (Å²) >= 11 is 1.40. The van der Waals surface area contributed by atoms with Crippen molar-refractivity contribution in [3.8, 4) is 21.9 Å². The molecule has 9 nitrogen and oxygen atoms in total. The lowest BCUT2D eigenvalue weighted by atomic mass is 9.80. The molecule has 0 spiro atoms. The number of thiophene rings is 1. The topological polar surface area (TPSA) is 112 Å². The predicted octanol–water partition coefficient (Wildman–Crippen LogP) is 4.94. The molecule has 1 fully saturated rings. The van der Waals surface area contributed by atoms with E-state index in [1.807, 2.05) is 96.4 Å². The number of benzene rings is 3. The largest absolute Gasteiger partial charge is 0.497 e. The van der Waals surface area contributed by atoms with Crippen LogP contribution in [0.2, 0.25) is 0 Å². The number of aromatic amines is 1. The third-order valence-electron chi connectivity index (χ3n) is 7.91. The fourth-order valence-corrected chi connectivity index (χ4v) is 6.36. The van der Waals surface area contributed by atoms with E-state index in [1.54, 1.807) is 14.2 Å². The zero-order chi connectivity index (χ0) is 30.7. The van der Waals surface area contributed by atoms with Gasteiger partial charge in [0.15, 0.2) is 0 Å². The number of aliphatic hydroxyl groups is 1. The molecule has 2 aromatic heterocycles. The Morgan fingerprint density at radius 3 is 2.07 bits per heavy atom. The zero-order valence-electron chi connectivity index (χ0n) is 24.2. The Balaban J connectivity index is 1.36. The number of aliphatic hydroxyl groups excluding tert-OH is 1. The number of rotatable bonds is 10. The third-order valence-corrected chi connectivity index (χ3v) is 8.81. The number of hydrogen-bond donors (Lipinski definition) is 2. The van der Waals surface area contributed by atoms with Crippen LogP contribution in [0.15, 0.2) is 112 Å². The van der Waals surface area contributed by atoms with Gasteiger partial charge in [-0.15, -0.1) is 11.3 Å². The highest BCUT2D eigenvalue weighted by atomic mass is 32.1. The van der Waals surface area contributed by atoms with E-state index in [0.717, 1.165) is 21.6 Å². The van der Waals surface area contributed by atoms with Crippen LogP contribution in [0.25, 0.3) is 10.4 Å². The average molecular weight is 613 g/mol. The molecule has 44 heavy (non-hydrogen) atoms. The van der Waals surface area contributed by atoms with E-state index in [0.29, 0.717) is 17.1 Å². The minimum Gasteiger partial charge on any atom is -0.497 e. The van der Waals surface area contributed by atoms with Gasteiger partial charge >= 0.3 is 5.69 Å². The van der Waals surface area contributed by atoms with E-state index in [-0.39, 0.29) is 13.0 Å². The highest BCUT2D eigenvalue weighted by molar-refractivity contribution is 7.13. The van der Waals surface area contributed by atoms with Gasteiger partial charge in [0, 0.05) is 17.5 Å². The summed E-state index contributed by atoms with van der Waals surface area (Å²) in [6, 6.07) is 28.8. The fraction of sp³-hybridized carbons (Fsp3) is 0.235. The molecule has 0 bridgehead atoms. The second-order valence-corrected chi connectivity index (χ2v) is 11.4. The molecule has 1 aliphatic heterocycles. The first-order valence-electron chi connectivity index (χ1n) is 14.1. The summed E-state index contributed by atoms with van der Waals surface area (Å²) in [6.45, 7) is 0.000501. The van der Waals surface area contributed by atoms with Crippen LogP contribution in [0.5, 0.6) is 11.5 Å². The molecule has 3 aromatic carbocycles. The van der Waals surface area contributed by atoms with Gasteiger partial charge < -0.3 is 24.1 Å². The smallest absolute Gasteiger partial charge is 0.330 e. The minimum atomic E-state index is -1.10. The Morgan fingerprint density at radius 2 is 1.50 bits per heavy atom. The number of ether oxygens (including phenoxy) is 4. The van der Waals surface area contributed by atoms with Gasteiger partial charge in [-0.05, 0) is 52.4 Å². The number of nitrogens with zero attached hydrogens (tertiary/aromatic N) is 1. The summed E-state index contributed by atoms with van der Waals surface area (Å²) in [5, 5.41) is 13.0. The lowest BCUT2D eigenvalue weighted by molar-refractivity contribution is -0.0944. The van der Waals surface area contributed by atoms with E-state index in [9.17, 15) is 14.7 Å². The lowest BCUT2D eigenvalue weighted by Gasteiger charge is -2.37. The Hall–Kier alpha value is -4.48. The molecule has 0 aliphatic carbocycles. The van der Waals surface area contributed by atoms with E-state index in [2.05, 4.69) is 4.98 Å².